The third-order valence-electron chi connectivity index (χ3n) is 5.57. The van der Waals surface area contributed by atoms with Gasteiger partial charge in [0, 0.05) is 45.3 Å². The van der Waals surface area contributed by atoms with Gasteiger partial charge in [0.15, 0.2) is 11.5 Å². The van der Waals surface area contributed by atoms with Crippen molar-refractivity contribution in [2.24, 2.45) is 0 Å². The van der Waals surface area contributed by atoms with Crippen LogP contribution in [0.3, 0.4) is 0 Å². The molecule has 0 bridgehead atoms. The third-order valence-corrected chi connectivity index (χ3v) is 5.57. The van der Waals surface area contributed by atoms with Gasteiger partial charge < -0.3 is 19.3 Å². The van der Waals surface area contributed by atoms with Crippen LogP contribution in [0.15, 0.2) is 24.3 Å². The Morgan fingerprint density at radius 1 is 0.893 bits per heavy atom. The van der Waals surface area contributed by atoms with E-state index < -0.39 is 0 Å². The highest BCUT2D eigenvalue weighted by atomic mass is 16.7. The first kappa shape index (κ1) is 18.8. The molecule has 3 aliphatic heterocycles. The Kier molecular flexibility index (Phi) is 5.81. The molecule has 0 atom stereocenters. The number of fused-ring (bicyclic) bond motifs is 1. The number of carbonyl (C=O) groups is 2. The second kappa shape index (κ2) is 8.65. The maximum absolute atomic E-state index is 12.5. The molecule has 28 heavy (non-hydrogen) atoms. The van der Waals surface area contributed by atoms with Crippen molar-refractivity contribution in [2.75, 3.05) is 52.6 Å². The topological polar surface area (TPSA) is 62.3 Å². The van der Waals surface area contributed by atoms with Gasteiger partial charge in [0.1, 0.15) is 0 Å². The van der Waals surface area contributed by atoms with Gasteiger partial charge in [0.05, 0.1) is 6.54 Å². The van der Waals surface area contributed by atoms with Crippen LogP contribution in [0.4, 0.5) is 0 Å². The van der Waals surface area contributed by atoms with E-state index in [-0.39, 0.29) is 18.6 Å². The van der Waals surface area contributed by atoms with Crippen LogP contribution in [-0.4, -0.2) is 79.1 Å². The summed E-state index contributed by atoms with van der Waals surface area (Å²) in [6.07, 6.45) is 6.86. The van der Waals surface area contributed by atoms with E-state index in [0.717, 1.165) is 50.3 Å². The summed E-state index contributed by atoms with van der Waals surface area (Å²) in [4.78, 5) is 30.8. The van der Waals surface area contributed by atoms with Crippen LogP contribution in [0.1, 0.15) is 24.8 Å². The van der Waals surface area contributed by atoms with Gasteiger partial charge in [0.25, 0.3) is 0 Å². The van der Waals surface area contributed by atoms with E-state index in [2.05, 4.69) is 4.90 Å². The lowest BCUT2D eigenvalue weighted by atomic mass is 10.1. The average molecular weight is 385 g/mol. The summed E-state index contributed by atoms with van der Waals surface area (Å²) >= 11 is 0. The van der Waals surface area contributed by atoms with E-state index in [9.17, 15) is 9.59 Å². The van der Waals surface area contributed by atoms with Crippen LogP contribution in [0.2, 0.25) is 0 Å². The summed E-state index contributed by atoms with van der Waals surface area (Å²) in [5.74, 6) is 1.67. The first-order valence-electron chi connectivity index (χ1n) is 10.1. The van der Waals surface area contributed by atoms with Crippen LogP contribution >= 0.6 is 0 Å². The zero-order chi connectivity index (χ0) is 19.3. The van der Waals surface area contributed by atoms with Crippen molar-refractivity contribution >= 4 is 17.9 Å². The normalized spacial score (nSPS) is 20.0. The average Bonchev–Trinajstić information content (AvgIpc) is 3.21. The molecular formula is C21H27N3O4. The maximum atomic E-state index is 12.5. The minimum Gasteiger partial charge on any atom is -0.454 e. The number of piperazine rings is 1. The van der Waals surface area contributed by atoms with Crippen LogP contribution in [-0.2, 0) is 9.59 Å². The maximum Gasteiger partial charge on any atom is 0.246 e. The largest absolute Gasteiger partial charge is 0.454 e. The number of rotatable bonds is 4. The Hall–Kier alpha value is -2.54. The molecular weight excluding hydrogens is 358 g/mol. The van der Waals surface area contributed by atoms with Crippen molar-refractivity contribution in [1.82, 2.24) is 14.7 Å². The lowest BCUT2D eigenvalue weighted by Gasteiger charge is -2.35. The molecule has 1 aromatic rings. The van der Waals surface area contributed by atoms with Gasteiger partial charge in [-0.15, -0.1) is 0 Å². The minimum absolute atomic E-state index is 0.000302. The molecule has 0 unspecified atom stereocenters. The Morgan fingerprint density at radius 2 is 1.64 bits per heavy atom. The summed E-state index contributed by atoms with van der Waals surface area (Å²) in [5.41, 5.74) is 0.906. The van der Waals surface area contributed by atoms with Gasteiger partial charge in [-0.3, -0.25) is 14.5 Å². The fraction of sp³-hybridized carbons (Fsp3) is 0.524. The quantitative estimate of drug-likeness (QED) is 0.737. The van der Waals surface area contributed by atoms with Crippen LogP contribution < -0.4 is 9.47 Å². The predicted molar refractivity (Wildman–Crippen MR) is 105 cm³/mol. The Labute approximate surface area is 165 Å². The number of amides is 2. The van der Waals surface area contributed by atoms with Crippen LogP contribution in [0.5, 0.6) is 11.5 Å². The van der Waals surface area contributed by atoms with Gasteiger partial charge in [0.2, 0.25) is 18.6 Å². The van der Waals surface area contributed by atoms with Gasteiger partial charge in [-0.2, -0.15) is 0 Å². The van der Waals surface area contributed by atoms with E-state index in [1.165, 1.54) is 6.42 Å². The highest BCUT2D eigenvalue weighted by molar-refractivity contribution is 5.92. The molecule has 3 heterocycles. The summed E-state index contributed by atoms with van der Waals surface area (Å²) in [7, 11) is 0. The molecule has 0 radical (unpaired) electrons. The fourth-order valence-electron chi connectivity index (χ4n) is 3.85. The first-order chi connectivity index (χ1) is 13.7. The van der Waals surface area contributed by atoms with Crippen molar-refractivity contribution in [3.8, 4) is 11.5 Å². The molecule has 3 aliphatic rings. The molecule has 0 N–H and O–H groups in total. The third kappa shape index (κ3) is 4.47. The summed E-state index contributed by atoms with van der Waals surface area (Å²) < 4.78 is 10.7. The summed E-state index contributed by atoms with van der Waals surface area (Å²) in [5, 5.41) is 0. The van der Waals surface area contributed by atoms with Crippen molar-refractivity contribution in [2.45, 2.75) is 19.3 Å². The van der Waals surface area contributed by atoms with Gasteiger partial charge in [-0.05, 0) is 43.0 Å². The number of likely N-dealkylation sites (tertiary alicyclic amines) is 1. The molecule has 0 spiro atoms. The number of ether oxygens (including phenoxy) is 2. The van der Waals surface area contributed by atoms with Crippen molar-refractivity contribution in [3.05, 3.63) is 29.8 Å². The van der Waals surface area contributed by atoms with Crippen molar-refractivity contribution in [1.29, 1.82) is 0 Å². The Morgan fingerprint density at radius 3 is 2.43 bits per heavy atom. The molecule has 2 amide bonds. The fourth-order valence-corrected chi connectivity index (χ4v) is 3.85. The van der Waals surface area contributed by atoms with Gasteiger partial charge >= 0.3 is 0 Å². The standard InChI is InChI=1S/C21H27N3O4/c25-20(7-5-17-4-6-18-19(14-17)28-16-27-18)24-12-10-22(11-13-24)15-21(26)23-8-2-1-3-9-23/h4-7,14H,1-3,8-13,15-16H2/b7-5+. The zero-order valence-corrected chi connectivity index (χ0v) is 16.1. The monoisotopic (exact) mass is 385 g/mol. The van der Waals surface area contributed by atoms with E-state index in [4.69, 9.17) is 9.47 Å². The van der Waals surface area contributed by atoms with E-state index in [0.29, 0.717) is 25.4 Å². The molecule has 2 saturated heterocycles. The number of nitrogens with zero attached hydrogens (tertiary/aromatic N) is 3. The second-order valence-corrected chi connectivity index (χ2v) is 7.49. The lowest BCUT2D eigenvalue weighted by Crippen LogP contribution is -2.51. The van der Waals surface area contributed by atoms with Gasteiger partial charge in [-0.25, -0.2) is 0 Å². The smallest absolute Gasteiger partial charge is 0.246 e. The molecule has 7 nitrogen and oxygen atoms in total. The van der Waals surface area contributed by atoms with E-state index >= 15 is 0 Å². The molecule has 1 aromatic carbocycles. The molecule has 0 aliphatic carbocycles. The Bertz CT molecular complexity index is 750. The number of hydrogen-bond acceptors (Lipinski definition) is 5. The predicted octanol–water partition coefficient (Wildman–Crippen LogP) is 1.59. The second-order valence-electron chi connectivity index (χ2n) is 7.49. The number of carbonyl (C=O) groups excluding carboxylic acids is 2. The highest BCUT2D eigenvalue weighted by Crippen LogP contribution is 2.32. The molecule has 4 rings (SSSR count). The summed E-state index contributed by atoms with van der Waals surface area (Å²) in [6.45, 7) is 5.27. The zero-order valence-electron chi connectivity index (χ0n) is 16.1. The van der Waals surface area contributed by atoms with Crippen molar-refractivity contribution < 1.29 is 19.1 Å². The van der Waals surface area contributed by atoms with Gasteiger partial charge in [-0.1, -0.05) is 6.07 Å². The SMILES string of the molecule is O=C(/C=C/c1ccc2c(c1)OCO2)N1CCN(CC(=O)N2CCCCC2)CC1. The molecule has 7 heteroatoms. The van der Waals surface area contributed by atoms with Crippen molar-refractivity contribution in [3.63, 3.8) is 0 Å². The van der Waals surface area contributed by atoms with Crippen LogP contribution in [0.25, 0.3) is 6.08 Å². The highest BCUT2D eigenvalue weighted by Gasteiger charge is 2.24. The molecule has 150 valence electrons. The number of piperidine rings is 1. The minimum atomic E-state index is -0.000302. The van der Waals surface area contributed by atoms with E-state index in [1.807, 2.05) is 28.0 Å². The summed E-state index contributed by atoms with van der Waals surface area (Å²) in [6, 6.07) is 5.63. The van der Waals surface area contributed by atoms with Crippen LogP contribution in [0, 0.1) is 0 Å². The molecule has 0 aromatic heterocycles. The molecule has 0 saturated carbocycles. The Balaban J connectivity index is 1.24. The molecule has 2 fully saturated rings. The van der Waals surface area contributed by atoms with E-state index in [1.54, 1.807) is 12.2 Å². The number of hydrogen-bond donors (Lipinski definition) is 0. The lowest BCUT2D eigenvalue weighted by molar-refractivity contribution is -0.134. The first-order valence-corrected chi connectivity index (χ1v) is 10.1. The number of benzene rings is 1.